The quantitative estimate of drug-likeness (QED) is 0.132. The number of anilines is 2. The zero-order valence-corrected chi connectivity index (χ0v) is 28.3. The van der Waals surface area contributed by atoms with Crippen molar-refractivity contribution >= 4 is 58.4 Å². The van der Waals surface area contributed by atoms with E-state index < -0.39 is 69.4 Å². The lowest BCUT2D eigenvalue weighted by Gasteiger charge is -2.47. The number of phenolic OH excluding ortho intramolecular Hbond substituents is 1. The Morgan fingerprint density at radius 1 is 0.961 bits per heavy atom. The summed E-state index contributed by atoms with van der Waals surface area (Å²) in [5, 5.41) is 21.7. The van der Waals surface area contributed by atoms with Crippen molar-refractivity contribution in [2.75, 3.05) is 24.0 Å². The highest BCUT2D eigenvalue weighted by Crippen LogP contribution is 2.61. The van der Waals surface area contributed by atoms with Crippen molar-refractivity contribution in [3.05, 3.63) is 98.8 Å². The predicted molar refractivity (Wildman–Crippen MR) is 183 cm³/mol. The number of nitro benzene ring substituents is 1. The number of amides is 4. The van der Waals surface area contributed by atoms with Crippen LogP contribution in [0.5, 0.6) is 17.2 Å². The number of benzene rings is 3. The van der Waals surface area contributed by atoms with Gasteiger partial charge in [0.1, 0.15) is 5.82 Å². The normalized spacial score (nSPS) is 27.0. The van der Waals surface area contributed by atoms with E-state index in [4.69, 9.17) is 21.1 Å². The molecule has 262 valence electrons. The second-order valence-electron chi connectivity index (χ2n) is 13.2. The largest absolute Gasteiger partial charge is 0.502 e. The van der Waals surface area contributed by atoms with E-state index in [1.54, 1.807) is 31.2 Å². The number of imide groups is 2. The Bertz CT molecular complexity index is 2090. The molecule has 1 N–H and O–H groups in total. The van der Waals surface area contributed by atoms with Gasteiger partial charge in [-0.1, -0.05) is 41.5 Å². The van der Waals surface area contributed by atoms with Crippen LogP contribution in [0.25, 0.3) is 6.08 Å². The van der Waals surface area contributed by atoms with Gasteiger partial charge in [-0.2, -0.15) is 0 Å². The molecule has 0 aromatic heterocycles. The smallest absolute Gasteiger partial charge is 0.271 e. The topological polar surface area (TPSA) is 157 Å². The molecule has 2 saturated heterocycles. The van der Waals surface area contributed by atoms with Crippen LogP contribution in [0, 0.1) is 50.9 Å². The minimum Gasteiger partial charge on any atom is -0.502 e. The van der Waals surface area contributed by atoms with Crippen LogP contribution in [-0.2, 0) is 19.2 Å². The molecule has 2 heterocycles. The number of hydrogen-bond donors (Lipinski definition) is 1. The minimum atomic E-state index is -1.37. The summed E-state index contributed by atoms with van der Waals surface area (Å²) in [6.07, 6.45) is 5.56. The number of carbonyl (C=O) groups excluding carboxylic acids is 4. The fourth-order valence-corrected chi connectivity index (χ4v) is 8.48. The van der Waals surface area contributed by atoms with Crippen LogP contribution >= 0.6 is 11.6 Å². The first-order valence-electron chi connectivity index (χ1n) is 16.1. The molecule has 0 spiro atoms. The van der Waals surface area contributed by atoms with Crippen LogP contribution in [-0.4, -0.2) is 47.9 Å². The van der Waals surface area contributed by atoms with E-state index in [9.17, 15) is 38.8 Å². The van der Waals surface area contributed by atoms with Crippen molar-refractivity contribution in [2.45, 2.75) is 19.8 Å². The molecular formula is C37H31ClFN3O9. The van der Waals surface area contributed by atoms with E-state index in [0.717, 1.165) is 15.9 Å². The molecule has 0 radical (unpaired) electrons. The Morgan fingerprint density at radius 3 is 2.29 bits per heavy atom. The number of nitro groups is 1. The molecule has 2 aliphatic carbocycles. The number of allylic oxidation sites excluding steroid dienone is 3. The summed E-state index contributed by atoms with van der Waals surface area (Å²) in [4.78, 5) is 69.8. The van der Waals surface area contributed by atoms with Gasteiger partial charge in [-0.25, -0.2) is 14.2 Å². The summed E-state index contributed by atoms with van der Waals surface area (Å²) < 4.78 is 24.8. The number of aromatic hydroxyl groups is 1. The Hall–Kier alpha value is -5.56. The first kappa shape index (κ1) is 33.9. The number of nitrogens with zero attached hydrogens (tertiary/aromatic N) is 3. The van der Waals surface area contributed by atoms with E-state index in [1.165, 1.54) is 50.6 Å². The molecule has 0 bridgehead atoms. The van der Waals surface area contributed by atoms with E-state index in [1.807, 2.05) is 6.08 Å². The van der Waals surface area contributed by atoms with Crippen molar-refractivity contribution in [2.24, 2.45) is 35.0 Å². The van der Waals surface area contributed by atoms with Gasteiger partial charge in [0.05, 0.1) is 58.7 Å². The van der Waals surface area contributed by atoms with Crippen LogP contribution in [0.4, 0.5) is 21.5 Å². The molecule has 3 aromatic carbocycles. The number of methoxy groups -OCH3 is 2. The first-order valence-corrected chi connectivity index (χ1v) is 16.5. The maximum atomic E-state index is 14.5. The van der Waals surface area contributed by atoms with Crippen LogP contribution in [0.1, 0.15) is 25.3 Å². The van der Waals surface area contributed by atoms with Crippen molar-refractivity contribution in [1.29, 1.82) is 0 Å². The third-order valence-corrected chi connectivity index (χ3v) is 11.1. The molecule has 3 fully saturated rings. The number of rotatable bonds is 7. The number of halogens is 2. The number of hydrogen-bond acceptors (Lipinski definition) is 9. The van der Waals surface area contributed by atoms with E-state index in [-0.39, 0.29) is 52.2 Å². The second-order valence-corrected chi connectivity index (χ2v) is 13.6. The fourth-order valence-electron chi connectivity index (χ4n) is 8.31. The van der Waals surface area contributed by atoms with Crippen LogP contribution in [0.3, 0.4) is 0 Å². The highest BCUT2D eigenvalue weighted by atomic mass is 35.5. The molecule has 7 rings (SSSR count). The van der Waals surface area contributed by atoms with Crippen molar-refractivity contribution < 1.29 is 43.1 Å². The molecule has 6 atom stereocenters. The molecule has 14 heteroatoms. The summed E-state index contributed by atoms with van der Waals surface area (Å²) in [6.45, 7) is 1.69. The Labute approximate surface area is 295 Å². The highest BCUT2D eigenvalue weighted by Gasteiger charge is 2.67. The highest BCUT2D eigenvalue weighted by molar-refractivity contribution is 6.31. The van der Waals surface area contributed by atoms with E-state index >= 15 is 0 Å². The zero-order valence-electron chi connectivity index (χ0n) is 27.5. The first-order chi connectivity index (χ1) is 24.3. The number of phenols is 1. The second kappa shape index (κ2) is 12.3. The van der Waals surface area contributed by atoms with Gasteiger partial charge in [0.2, 0.25) is 29.4 Å². The van der Waals surface area contributed by atoms with Gasteiger partial charge in [-0.05, 0) is 67.6 Å². The third kappa shape index (κ3) is 5.09. The Kier molecular flexibility index (Phi) is 8.21. The number of fused-ring (bicyclic) bond motifs is 4. The van der Waals surface area contributed by atoms with Crippen LogP contribution in [0.15, 0.2) is 72.3 Å². The lowest BCUT2D eigenvalue weighted by Crippen LogP contribution is -2.49. The molecular weight excluding hydrogens is 685 g/mol. The van der Waals surface area contributed by atoms with Gasteiger partial charge in [-0.15, -0.1) is 0 Å². The molecule has 6 unspecified atom stereocenters. The zero-order chi connectivity index (χ0) is 36.5. The van der Waals surface area contributed by atoms with Crippen LogP contribution in [0.2, 0.25) is 5.02 Å². The standard InChI is InChI=1S/C37H31ClFN3O9/c1-37-25(11-7-18-13-29(50-2)32(43)30(14-18)51-3)22-9-10-23-31(35(46)40(33(23)44)19-5-4-6-21(15-19)42(48)49)24(22)17-26(37)34(45)41(36(37)47)20-8-12-28(39)27(38)16-20/h4-9,11-16,23-26,31,43H,10,17H2,1-3H3. The SMILES string of the molecule is COc1cc(C=CC2C3=CCC4C(=O)N(c5cccc([N+](=O)[O-])c5)C(=O)C4C3CC3C(=O)N(c4ccc(F)c(Cl)c4)C(=O)C23C)cc(OC)c1O. The molecule has 12 nitrogen and oxygen atoms in total. The predicted octanol–water partition coefficient (Wildman–Crippen LogP) is 6.09. The maximum Gasteiger partial charge on any atom is 0.271 e. The Morgan fingerprint density at radius 2 is 1.65 bits per heavy atom. The van der Waals surface area contributed by atoms with E-state index in [0.29, 0.717) is 11.1 Å². The number of ether oxygens (including phenoxy) is 2. The van der Waals surface area contributed by atoms with Gasteiger partial charge >= 0.3 is 0 Å². The fraction of sp³-hybridized carbons (Fsp3) is 0.297. The number of carbonyl (C=O) groups is 4. The van der Waals surface area contributed by atoms with Crippen LogP contribution < -0.4 is 19.3 Å². The lowest BCUT2D eigenvalue weighted by atomic mass is 9.52. The summed E-state index contributed by atoms with van der Waals surface area (Å²) in [6, 6.07) is 12.0. The van der Waals surface area contributed by atoms with Gasteiger partial charge < -0.3 is 14.6 Å². The molecule has 4 amide bonds. The van der Waals surface area contributed by atoms with Crippen molar-refractivity contribution in [3.63, 3.8) is 0 Å². The monoisotopic (exact) mass is 715 g/mol. The van der Waals surface area contributed by atoms with Gasteiger partial charge in [0.25, 0.3) is 5.69 Å². The maximum absolute atomic E-state index is 14.5. The Balaban J connectivity index is 1.34. The third-order valence-electron chi connectivity index (χ3n) is 10.8. The average molecular weight is 716 g/mol. The van der Waals surface area contributed by atoms with Crippen molar-refractivity contribution in [3.8, 4) is 17.2 Å². The van der Waals surface area contributed by atoms with Gasteiger partial charge in [0, 0.05) is 18.1 Å². The van der Waals surface area contributed by atoms with E-state index in [2.05, 4.69) is 0 Å². The molecule has 2 aliphatic heterocycles. The van der Waals surface area contributed by atoms with Gasteiger partial charge in [-0.3, -0.25) is 29.3 Å². The summed E-state index contributed by atoms with van der Waals surface area (Å²) >= 11 is 6.07. The molecule has 51 heavy (non-hydrogen) atoms. The average Bonchev–Trinajstić information content (AvgIpc) is 3.48. The molecule has 4 aliphatic rings. The molecule has 3 aromatic rings. The minimum absolute atomic E-state index is 0.0620. The summed E-state index contributed by atoms with van der Waals surface area (Å²) in [7, 11) is 2.77. The molecule has 1 saturated carbocycles. The summed E-state index contributed by atoms with van der Waals surface area (Å²) in [5.74, 6) is -6.82. The lowest BCUT2D eigenvalue weighted by molar-refractivity contribution is -0.384. The van der Waals surface area contributed by atoms with Crippen molar-refractivity contribution in [1.82, 2.24) is 0 Å². The number of non-ortho nitro benzene ring substituents is 1. The van der Waals surface area contributed by atoms with Gasteiger partial charge in [0.15, 0.2) is 11.5 Å². The summed E-state index contributed by atoms with van der Waals surface area (Å²) in [5.41, 5.74) is -0.235.